The van der Waals surface area contributed by atoms with Gasteiger partial charge in [0.2, 0.25) is 0 Å². The minimum Gasteiger partial charge on any atom is -1.00 e. The largest absolute Gasteiger partial charge is 1.00 e. The van der Waals surface area contributed by atoms with Crippen molar-refractivity contribution in [2.24, 2.45) is 0 Å². The summed E-state index contributed by atoms with van der Waals surface area (Å²) in [6.45, 7) is 11.8. The van der Waals surface area contributed by atoms with E-state index in [0.717, 1.165) is 16.6 Å². The molecule has 0 atom stereocenters. The van der Waals surface area contributed by atoms with Crippen molar-refractivity contribution >= 4 is 23.2 Å². The van der Waals surface area contributed by atoms with Gasteiger partial charge in [0, 0.05) is 10.6 Å². The van der Waals surface area contributed by atoms with E-state index in [4.69, 9.17) is 23.2 Å². The average Bonchev–Trinajstić information content (AvgIpc) is 2.68. The van der Waals surface area contributed by atoms with Crippen LogP contribution in [0.4, 0.5) is 0 Å². The van der Waals surface area contributed by atoms with Gasteiger partial charge in [0.05, 0.1) is 24.7 Å². The standard InChI is InChI=1S/C25H44Cl2N.ClH/c1-4-7-10-13-18-28(19-14-11-8-5-2,20-15-12-9-6-3)22-23-16-17-24(26)21-25(23)27;/h16-17,21H,4-15,18-20,22H2,1-3H3;1H/q+1;/p-1. The Morgan fingerprint density at radius 1 is 0.655 bits per heavy atom. The van der Waals surface area contributed by atoms with Crippen molar-refractivity contribution in [3.05, 3.63) is 33.8 Å². The van der Waals surface area contributed by atoms with Crippen LogP contribution in [0.1, 0.15) is 103 Å². The zero-order valence-electron chi connectivity index (χ0n) is 19.1. The van der Waals surface area contributed by atoms with Gasteiger partial charge in [0.1, 0.15) is 6.54 Å². The predicted octanol–water partition coefficient (Wildman–Crippen LogP) is 6.06. The summed E-state index contributed by atoms with van der Waals surface area (Å²) in [5.41, 5.74) is 1.27. The number of hydrogen-bond acceptors (Lipinski definition) is 0. The summed E-state index contributed by atoms with van der Waals surface area (Å²) in [5, 5.41) is 1.58. The maximum atomic E-state index is 6.59. The summed E-state index contributed by atoms with van der Waals surface area (Å²) in [7, 11) is 0. The summed E-state index contributed by atoms with van der Waals surface area (Å²) in [6, 6.07) is 6.07. The van der Waals surface area contributed by atoms with E-state index in [1.54, 1.807) is 0 Å². The van der Waals surface area contributed by atoms with Gasteiger partial charge < -0.3 is 16.9 Å². The lowest BCUT2D eigenvalue weighted by molar-refractivity contribution is -0.941. The van der Waals surface area contributed by atoms with Crippen molar-refractivity contribution in [2.75, 3.05) is 19.6 Å². The summed E-state index contributed by atoms with van der Waals surface area (Å²) in [4.78, 5) is 0. The van der Waals surface area contributed by atoms with Crippen molar-refractivity contribution in [3.8, 4) is 0 Å². The molecule has 0 amide bonds. The van der Waals surface area contributed by atoms with Gasteiger partial charge in [0.25, 0.3) is 0 Å². The van der Waals surface area contributed by atoms with Crippen LogP contribution in [0.2, 0.25) is 10.0 Å². The van der Waals surface area contributed by atoms with Crippen molar-refractivity contribution < 1.29 is 16.9 Å². The molecule has 29 heavy (non-hydrogen) atoms. The van der Waals surface area contributed by atoms with Crippen molar-refractivity contribution in [1.29, 1.82) is 0 Å². The normalized spacial score (nSPS) is 11.5. The first-order chi connectivity index (χ1) is 13.6. The SMILES string of the molecule is CCCCCC[N+](CCCCCC)(CCCCCC)Cc1ccc(Cl)cc1Cl.[Cl-]. The lowest BCUT2D eigenvalue weighted by Gasteiger charge is -2.40. The van der Waals surface area contributed by atoms with E-state index < -0.39 is 0 Å². The highest BCUT2D eigenvalue weighted by Gasteiger charge is 2.27. The Hall–Kier alpha value is 0.0500. The first-order valence-electron chi connectivity index (χ1n) is 11.9. The van der Waals surface area contributed by atoms with Crippen molar-refractivity contribution in [2.45, 2.75) is 104 Å². The summed E-state index contributed by atoms with van der Waals surface area (Å²) in [6.07, 6.45) is 16.0. The second kappa shape index (κ2) is 17.7. The first kappa shape index (κ1) is 29.1. The van der Waals surface area contributed by atoms with E-state index >= 15 is 0 Å². The molecule has 4 heteroatoms. The lowest BCUT2D eigenvalue weighted by atomic mass is 10.1. The van der Waals surface area contributed by atoms with E-state index in [1.807, 2.05) is 12.1 Å². The molecule has 170 valence electrons. The molecule has 0 aromatic heterocycles. The van der Waals surface area contributed by atoms with Gasteiger partial charge in [-0.1, -0.05) is 88.6 Å². The van der Waals surface area contributed by atoms with Crippen LogP contribution < -0.4 is 12.4 Å². The molecule has 0 N–H and O–H groups in total. The minimum atomic E-state index is 0. The number of halogens is 3. The number of rotatable bonds is 17. The van der Waals surface area contributed by atoms with Crippen LogP contribution in [0.3, 0.4) is 0 Å². The molecule has 0 aliphatic carbocycles. The highest BCUT2D eigenvalue weighted by molar-refractivity contribution is 6.35. The van der Waals surface area contributed by atoms with E-state index in [0.29, 0.717) is 0 Å². The van der Waals surface area contributed by atoms with Crippen LogP contribution in [-0.2, 0) is 6.54 Å². The molecule has 0 fully saturated rings. The number of quaternary nitrogens is 1. The molecule has 0 aliphatic rings. The molecule has 1 rings (SSSR count). The van der Waals surface area contributed by atoms with Gasteiger partial charge in [-0.3, -0.25) is 0 Å². The molecule has 0 unspecified atom stereocenters. The van der Waals surface area contributed by atoms with Crippen LogP contribution in [0, 0.1) is 0 Å². The van der Waals surface area contributed by atoms with E-state index in [9.17, 15) is 0 Å². The molecular formula is C25H44Cl3N. The van der Waals surface area contributed by atoms with Gasteiger partial charge in [-0.15, -0.1) is 0 Å². The van der Waals surface area contributed by atoms with Crippen LogP contribution in [0.5, 0.6) is 0 Å². The zero-order valence-corrected chi connectivity index (χ0v) is 21.4. The molecule has 1 nitrogen and oxygen atoms in total. The molecular weight excluding hydrogens is 421 g/mol. The van der Waals surface area contributed by atoms with Gasteiger partial charge >= 0.3 is 0 Å². The van der Waals surface area contributed by atoms with Gasteiger partial charge in [-0.05, 0) is 50.7 Å². The fraction of sp³-hybridized carbons (Fsp3) is 0.760. The second-order valence-corrected chi connectivity index (χ2v) is 9.43. The van der Waals surface area contributed by atoms with Crippen LogP contribution in [0.15, 0.2) is 18.2 Å². The maximum absolute atomic E-state index is 6.59. The van der Waals surface area contributed by atoms with Gasteiger partial charge in [0.15, 0.2) is 0 Å². The molecule has 0 aliphatic heterocycles. The summed E-state index contributed by atoms with van der Waals surface area (Å²) >= 11 is 12.7. The highest BCUT2D eigenvalue weighted by Crippen LogP contribution is 2.27. The van der Waals surface area contributed by atoms with Crippen molar-refractivity contribution in [1.82, 2.24) is 0 Å². The Kier molecular flexibility index (Phi) is 17.7. The van der Waals surface area contributed by atoms with E-state index in [2.05, 4.69) is 26.8 Å². The fourth-order valence-corrected chi connectivity index (χ4v) is 4.67. The van der Waals surface area contributed by atoms with Crippen molar-refractivity contribution in [3.63, 3.8) is 0 Å². The predicted molar refractivity (Wildman–Crippen MR) is 127 cm³/mol. The fourth-order valence-electron chi connectivity index (χ4n) is 4.21. The quantitative estimate of drug-likeness (QED) is 0.194. The summed E-state index contributed by atoms with van der Waals surface area (Å²) < 4.78 is 1.21. The molecule has 0 radical (unpaired) electrons. The maximum Gasteiger partial charge on any atom is 0.106 e. The smallest absolute Gasteiger partial charge is 0.106 e. The second-order valence-electron chi connectivity index (χ2n) is 8.59. The Morgan fingerprint density at radius 2 is 1.10 bits per heavy atom. The average molecular weight is 465 g/mol. The molecule has 1 aromatic carbocycles. The lowest BCUT2D eigenvalue weighted by Crippen LogP contribution is -3.00. The monoisotopic (exact) mass is 463 g/mol. The van der Waals surface area contributed by atoms with E-state index in [-0.39, 0.29) is 12.4 Å². The highest BCUT2D eigenvalue weighted by atomic mass is 35.5. The minimum absolute atomic E-state index is 0. The number of hydrogen-bond donors (Lipinski definition) is 0. The van der Waals surface area contributed by atoms with Crippen LogP contribution >= 0.6 is 23.2 Å². The third kappa shape index (κ3) is 12.5. The molecule has 0 saturated heterocycles. The van der Waals surface area contributed by atoms with E-state index in [1.165, 1.54) is 107 Å². The Morgan fingerprint density at radius 3 is 1.48 bits per heavy atom. The molecule has 0 bridgehead atoms. The number of nitrogens with zero attached hydrogens (tertiary/aromatic N) is 1. The third-order valence-electron chi connectivity index (χ3n) is 5.98. The topological polar surface area (TPSA) is 0 Å². The Bertz CT molecular complexity index is 488. The molecule has 1 aromatic rings. The molecule has 0 saturated carbocycles. The first-order valence-corrected chi connectivity index (χ1v) is 12.6. The summed E-state index contributed by atoms with van der Waals surface area (Å²) in [5.74, 6) is 0. The van der Waals surface area contributed by atoms with Crippen LogP contribution in [-0.4, -0.2) is 24.1 Å². The van der Waals surface area contributed by atoms with Crippen LogP contribution in [0.25, 0.3) is 0 Å². The number of unbranched alkanes of at least 4 members (excludes halogenated alkanes) is 9. The Labute approximate surface area is 197 Å². The van der Waals surface area contributed by atoms with Gasteiger partial charge in [-0.2, -0.15) is 0 Å². The zero-order chi connectivity index (χ0) is 20.7. The number of benzene rings is 1. The molecule has 0 spiro atoms. The third-order valence-corrected chi connectivity index (χ3v) is 6.57. The Balaban J connectivity index is 0.00000784. The molecule has 0 heterocycles. The van der Waals surface area contributed by atoms with Gasteiger partial charge in [-0.25, -0.2) is 0 Å².